The number of rotatable bonds is 3. The molecule has 0 radical (unpaired) electrons. The molecule has 0 bridgehead atoms. The fraction of sp³-hybridized carbons (Fsp3) is 0. The SMILES string of the molecule is Brc1ccccc1-c1ccccn1.Brc1ccccc1-c1ccccn1.[Ir+3].c1ccc(-c2ccccn2)cc1. The quantitative estimate of drug-likeness (QED) is 0.179. The van der Waals surface area contributed by atoms with Gasteiger partial charge in [-0.1, -0.05) is 117 Å². The number of hydrogen-bond donors (Lipinski definition) is 0. The second kappa shape index (κ2) is 16.6. The van der Waals surface area contributed by atoms with Gasteiger partial charge in [-0.3, -0.25) is 15.0 Å². The molecule has 3 aromatic heterocycles. The molecule has 192 valence electrons. The van der Waals surface area contributed by atoms with Crippen molar-refractivity contribution in [3.63, 3.8) is 0 Å². The standard InChI is InChI=1S/2C11H8BrN.C11H9N.Ir/c2*12-10-6-2-1-5-9(10)11-7-3-4-8-13-11;1-2-6-10(7-3-1)11-8-4-5-9-12-11;/h2*1-8H;1-9H;/q;;;+3. The first-order valence-electron chi connectivity index (χ1n) is 12.0. The van der Waals surface area contributed by atoms with Gasteiger partial charge in [-0.05, 0) is 48.5 Å². The van der Waals surface area contributed by atoms with Gasteiger partial charge in [0.1, 0.15) is 0 Å². The zero-order chi connectivity index (χ0) is 26.4. The van der Waals surface area contributed by atoms with Crippen molar-refractivity contribution < 1.29 is 20.1 Å². The van der Waals surface area contributed by atoms with Gasteiger partial charge in [-0.25, -0.2) is 0 Å². The number of halogens is 2. The molecule has 0 saturated heterocycles. The molecule has 6 heteroatoms. The molecular weight excluding hydrogens is 790 g/mol. The summed E-state index contributed by atoms with van der Waals surface area (Å²) in [6.07, 6.45) is 5.41. The molecule has 0 aliphatic rings. The van der Waals surface area contributed by atoms with Crippen molar-refractivity contribution in [1.82, 2.24) is 15.0 Å². The molecular formula is C33H25Br2IrN3+3. The van der Waals surface area contributed by atoms with Gasteiger partial charge in [-0.15, -0.1) is 0 Å². The third-order valence-electron chi connectivity index (χ3n) is 5.36. The summed E-state index contributed by atoms with van der Waals surface area (Å²) in [5.74, 6) is 0. The maximum Gasteiger partial charge on any atom is 3.00 e. The molecule has 6 rings (SSSR count). The first kappa shape index (κ1) is 30.3. The third kappa shape index (κ3) is 9.45. The Labute approximate surface area is 260 Å². The second-order valence-electron chi connectivity index (χ2n) is 7.97. The Morgan fingerprint density at radius 1 is 0.359 bits per heavy atom. The average Bonchev–Trinajstić information content (AvgIpc) is 3.00. The van der Waals surface area contributed by atoms with E-state index in [1.165, 1.54) is 0 Å². The van der Waals surface area contributed by atoms with Crippen LogP contribution in [0.3, 0.4) is 0 Å². The topological polar surface area (TPSA) is 38.7 Å². The normalized spacial score (nSPS) is 9.59. The van der Waals surface area contributed by atoms with Gasteiger partial charge in [0, 0.05) is 44.2 Å². The summed E-state index contributed by atoms with van der Waals surface area (Å²) in [7, 11) is 0. The maximum atomic E-state index is 4.28. The van der Waals surface area contributed by atoms with Crippen molar-refractivity contribution in [2.75, 3.05) is 0 Å². The monoisotopic (exact) mass is 814 g/mol. The van der Waals surface area contributed by atoms with Crippen LogP contribution in [0.2, 0.25) is 0 Å². The maximum absolute atomic E-state index is 4.28. The number of nitrogens with zero attached hydrogens (tertiary/aromatic N) is 3. The van der Waals surface area contributed by atoms with E-state index in [0.717, 1.165) is 42.7 Å². The molecule has 0 unspecified atom stereocenters. The van der Waals surface area contributed by atoms with Crippen LogP contribution in [0.25, 0.3) is 33.8 Å². The van der Waals surface area contributed by atoms with E-state index >= 15 is 0 Å². The molecule has 0 spiro atoms. The minimum absolute atomic E-state index is 0. The van der Waals surface area contributed by atoms with Crippen molar-refractivity contribution in [1.29, 1.82) is 0 Å². The van der Waals surface area contributed by atoms with E-state index < -0.39 is 0 Å². The molecule has 3 nitrogen and oxygen atoms in total. The Bertz CT molecular complexity index is 1400. The van der Waals surface area contributed by atoms with Crippen molar-refractivity contribution in [3.05, 3.63) is 161 Å². The van der Waals surface area contributed by atoms with Crippen LogP contribution >= 0.6 is 31.9 Å². The summed E-state index contributed by atoms with van der Waals surface area (Å²) in [5, 5.41) is 0. The van der Waals surface area contributed by atoms with E-state index in [1.54, 1.807) is 12.4 Å². The Hall–Kier alpha value is -3.28. The van der Waals surface area contributed by atoms with Gasteiger partial charge in [-0.2, -0.15) is 0 Å². The Balaban J connectivity index is 0.000000160. The van der Waals surface area contributed by atoms with Crippen molar-refractivity contribution in [3.8, 4) is 33.8 Å². The molecule has 6 aromatic rings. The van der Waals surface area contributed by atoms with Crippen LogP contribution in [-0.2, 0) is 20.1 Å². The molecule has 0 amide bonds. The van der Waals surface area contributed by atoms with Crippen molar-refractivity contribution in [2.45, 2.75) is 0 Å². The molecule has 0 N–H and O–H groups in total. The van der Waals surface area contributed by atoms with E-state index in [2.05, 4.69) is 58.9 Å². The number of pyridine rings is 3. The minimum atomic E-state index is 0. The summed E-state index contributed by atoms with van der Waals surface area (Å²) in [4.78, 5) is 12.8. The van der Waals surface area contributed by atoms with Crippen molar-refractivity contribution >= 4 is 31.9 Å². The van der Waals surface area contributed by atoms with Gasteiger partial charge < -0.3 is 0 Å². The van der Waals surface area contributed by atoms with Gasteiger partial charge in [0.25, 0.3) is 0 Å². The van der Waals surface area contributed by atoms with Gasteiger partial charge >= 0.3 is 20.1 Å². The zero-order valence-corrected chi connectivity index (χ0v) is 26.4. The number of hydrogen-bond acceptors (Lipinski definition) is 3. The third-order valence-corrected chi connectivity index (χ3v) is 6.75. The van der Waals surface area contributed by atoms with Crippen LogP contribution in [0.4, 0.5) is 0 Å². The predicted octanol–water partition coefficient (Wildman–Crippen LogP) is 9.77. The average molecular weight is 816 g/mol. The number of aromatic nitrogens is 3. The molecule has 0 fully saturated rings. The Morgan fingerprint density at radius 3 is 1.10 bits per heavy atom. The summed E-state index contributed by atoms with van der Waals surface area (Å²) in [6.45, 7) is 0. The first-order valence-corrected chi connectivity index (χ1v) is 13.6. The predicted molar refractivity (Wildman–Crippen MR) is 164 cm³/mol. The molecule has 0 atom stereocenters. The van der Waals surface area contributed by atoms with Crippen LogP contribution < -0.4 is 0 Å². The molecule has 0 aliphatic heterocycles. The minimum Gasteiger partial charge on any atom is -0.256 e. The van der Waals surface area contributed by atoms with Crippen molar-refractivity contribution in [2.24, 2.45) is 0 Å². The molecule has 0 saturated carbocycles. The van der Waals surface area contributed by atoms with Crippen LogP contribution in [0, 0.1) is 0 Å². The van der Waals surface area contributed by atoms with E-state index in [1.807, 2.05) is 128 Å². The van der Waals surface area contributed by atoms with Gasteiger partial charge in [0.15, 0.2) is 0 Å². The van der Waals surface area contributed by atoms with E-state index in [-0.39, 0.29) is 20.1 Å². The smallest absolute Gasteiger partial charge is 0.256 e. The van der Waals surface area contributed by atoms with Gasteiger partial charge in [0.2, 0.25) is 0 Å². The molecule has 0 aliphatic carbocycles. The van der Waals surface area contributed by atoms with Crippen LogP contribution in [0.5, 0.6) is 0 Å². The molecule has 39 heavy (non-hydrogen) atoms. The largest absolute Gasteiger partial charge is 3.00 e. The van der Waals surface area contributed by atoms with Crippen LogP contribution in [0.1, 0.15) is 0 Å². The fourth-order valence-corrected chi connectivity index (χ4v) is 4.50. The van der Waals surface area contributed by atoms with Crippen LogP contribution in [-0.4, -0.2) is 15.0 Å². The van der Waals surface area contributed by atoms with Gasteiger partial charge in [0.05, 0.1) is 17.1 Å². The molecule has 3 heterocycles. The van der Waals surface area contributed by atoms with E-state index in [0.29, 0.717) is 0 Å². The summed E-state index contributed by atoms with van der Waals surface area (Å²) < 4.78 is 2.16. The first-order chi connectivity index (χ1) is 18.7. The number of benzene rings is 3. The zero-order valence-electron chi connectivity index (χ0n) is 20.9. The summed E-state index contributed by atoms with van der Waals surface area (Å²) >= 11 is 6.99. The Morgan fingerprint density at radius 2 is 0.718 bits per heavy atom. The van der Waals surface area contributed by atoms with E-state index in [4.69, 9.17) is 0 Å². The summed E-state index contributed by atoms with van der Waals surface area (Å²) in [5.41, 5.74) is 6.44. The van der Waals surface area contributed by atoms with E-state index in [9.17, 15) is 0 Å². The van der Waals surface area contributed by atoms with Crippen LogP contribution in [0.15, 0.2) is 161 Å². The summed E-state index contributed by atoms with van der Waals surface area (Å²) in [6, 6.07) is 44.0. The Kier molecular flexibility index (Phi) is 12.9. The molecule has 3 aromatic carbocycles. The second-order valence-corrected chi connectivity index (χ2v) is 9.68. The fourth-order valence-electron chi connectivity index (χ4n) is 3.52.